The van der Waals surface area contributed by atoms with Gasteiger partial charge in [-0.05, 0) is 94.0 Å². The Morgan fingerprint density at radius 3 is 2.46 bits per heavy atom. The van der Waals surface area contributed by atoms with Crippen molar-refractivity contribution in [1.29, 1.82) is 0 Å². The van der Waals surface area contributed by atoms with Crippen LogP contribution in [-0.4, -0.2) is 35.8 Å². The molecule has 39 heavy (non-hydrogen) atoms. The molecule has 3 aromatic carbocycles. The lowest BCUT2D eigenvalue weighted by atomic mass is 10.0. The molecule has 3 aromatic rings. The quantitative estimate of drug-likeness (QED) is 0.205. The summed E-state index contributed by atoms with van der Waals surface area (Å²) in [4.78, 5) is 27.4. The third-order valence-electron chi connectivity index (χ3n) is 6.09. The number of benzene rings is 3. The van der Waals surface area contributed by atoms with Gasteiger partial charge in [0.25, 0.3) is 11.1 Å². The summed E-state index contributed by atoms with van der Waals surface area (Å²) in [6, 6.07) is 19.6. The topological polar surface area (TPSA) is 65.1 Å². The number of halogens is 1. The van der Waals surface area contributed by atoms with Crippen molar-refractivity contribution in [2.24, 2.45) is 0 Å². The van der Waals surface area contributed by atoms with Crippen LogP contribution in [0.1, 0.15) is 48.9 Å². The molecule has 0 bridgehead atoms. The van der Waals surface area contributed by atoms with Crippen LogP contribution in [-0.2, 0) is 11.4 Å². The van der Waals surface area contributed by atoms with Crippen LogP contribution >= 0.6 is 27.7 Å². The number of ether oxygens (including phenoxy) is 3. The molecule has 8 heteroatoms. The minimum Gasteiger partial charge on any atom is -0.491 e. The average Bonchev–Trinajstić information content (AvgIpc) is 3.16. The van der Waals surface area contributed by atoms with E-state index in [2.05, 4.69) is 41.9 Å². The summed E-state index contributed by atoms with van der Waals surface area (Å²) in [5.41, 5.74) is 3.95. The molecular formula is C31H32BrNO5S. The highest BCUT2D eigenvalue weighted by atomic mass is 79.9. The summed E-state index contributed by atoms with van der Waals surface area (Å²) in [6.07, 6.45) is 1.71. The van der Waals surface area contributed by atoms with Gasteiger partial charge in [0, 0.05) is 0 Å². The third kappa shape index (κ3) is 7.25. The number of hydrogen-bond donors (Lipinski definition) is 0. The van der Waals surface area contributed by atoms with Gasteiger partial charge in [-0.2, -0.15) is 0 Å². The van der Waals surface area contributed by atoms with Gasteiger partial charge in [0.15, 0.2) is 11.5 Å². The summed E-state index contributed by atoms with van der Waals surface area (Å²) in [7, 11) is 0. The number of rotatable bonds is 11. The van der Waals surface area contributed by atoms with Crippen LogP contribution in [0.4, 0.5) is 4.79 Å². The van der Waals surface area contributed by atoms with Gasteiger partial charge < -0.3 is 14.2 Å². The van der Waals surface area contributed by atoms with Crippen molar-refractivity contribution in [3.63, 3.8) is 0 Å². The zero-order chi connectivity index (χ0) is 27.9. The molecule has 0 aromatic heterocycles. The van der Waals surface area contributed by atoms with Gasteiger partial charge in [-0.1, -0.05) is 56.3 Å². The van der Waals surface area contributed by atoms with Crippen molar-refractivity contribution in [2.75, 3.05) is 19.8 Å². The maximum atomic E-state index is 13.1. The predicted molar refractivity (Wildman–Crippen MR) is 160 cm³/mol. The maximum absolute atomic E-state index is 13.1. The van der Waals surface area contributed by atoms with E-state index < -0.39 is 0 Å². The molecule has 1 aliphatic rings. The Morgan fingerprint density at radius 1 is 0.974 bits per heavy atom. The zero-order valence-corrected chi connectivity index (χ0v) is 24.9. The van der Waals surface area contributed by atoms with Crippen molar-refractivity contribution in [3.8, 4) is 17.2 Å². The van der Waals surface area contributed by atoms with E-state index in [-0.39, 0.29) is 24.3 Å². The van der Waals surface area contributed by atoms with Gasteiger partial charge in [0.1, 0.15) is 19.0 Å². The standard InChI is InChI=1S/C31H32BrNO5S/c1-5-36-27-17-23(16-25(32)29(27)38-19-22-9-7-6-8-10-22)18-28-30(34)33(31(35)39-28)13-14-37-26-15-21(4)11-12-24(26)20(2)3/h6-12,15-18,20H,5,13-14,19H2,1-4H3/b28-18-. The van der Waals surface area contributed by atoms with Gasteiger partial charge >= 0.3 is 0 Å². The molecule has 0 aliphatic carbocycles. The number of aryl methyl sites for hydroxylation is 1. The molecule has 0 saturated carbocycles. The molecule has 0 unspecified atom stereocenters. The molecule has 0 radical (unpaired) electrons. The molecule has 1 saturated heterocycles. The lowest BCUT2D eigenvalue weighted by molar-refractivity contribution is -0.123. The first kappa shape index (κ1) is 28.8. The second-order valence-corrected chi connectivity index (χ2v) is 11.3. The Morgan fingerprint density at radius 2 is 1.74 bits per heavy atom. The summed E-state index contributed by atoms with van der Waals surface area (Å²) in [5.74, 6) is 1.90. The van der Waals surface area contributed by atoms with Crippen LogP contribution in [0.5, 0.6) is 17.2 Å². The molecule has 4 rings (SSSR count). The average molecular weight is 611 g/mol. The van der Waals surface area contributed by atoms with Crippen LogP contribution < -0.4 is 14.2 Å². The predicted octanol–water partition coefficient (Wildman–Crippen LogP) is 7.97. The van der Waals surface area contributed by atoms with Crippen molar-refractivity contribution < 1.29 is 23.8 Å². The first-order valence-electron chi connectivity index (χ1n) is 12.9. The van der Waals surface area contributed by atoms with E-state index in [0.717, 1.165) is 39.8 Å². The molecule has 0 atom stereocenters. The Hall–Kier alpha value is -3.23. The highest BCUT2D eigenvalue weighted by Crippen LogP contribution is 2.40. The summed E-state index contributed by atoms with van der Waals surface area (Å²) >= 11 is 4.51. The van der Waals surface area contributed by atoms with E-state index in [1.54, 1.807) is 6.08 Å². The van der Waals surface area contributed by atoms with Crippen LogP contribution in [0.2, 0.25) is 0 Å². The highest BCUT2D eigenvalue weighted by Gasteiger charge is 2.35. The summed E-state index contributed by atoms with van der Waals surface area (Å²) in [6.45, 7) is 9.36. The van der Waals surface area contributed by atoms with Crippen LogP contribution in [0, 0.1) is 6.92 Å². The molecule has 1 heterocycles. The van der Waals surface area contributed by atoms with Crippen molar-refractivity contribution in [2.45, 2.75) is 40.2 Å². The van der Waals surface area contributed by atoms with Crippen molar-refractivity contribution >= 4 is 44.9 Å². The Bertz CT molecular complexity index is 1370. The minimum absolute atomic E-state index is 0.174. The van der Waals surface area contributed by atoms with Crippen LogP contribution in [0.25, 0.3) is 6.08 Å². The number of hydrogen-bond acceptors (Lipinski definition) is 6. The Labute approximate surface area is 242 Å². The van der Waals surface area contributed by atoms with Crippen molar-refractivity contribution in [3.05, 3.63) is 92.3 Å². The fourth-order valence-corrected chi connectivity index (χ4v) is 5.58. The van der Waals surface area contributed by atoms with Crippen LogP contribution in [0.15, 0.2) is 70.0 Å². The number of carbonyl (C=O) groups is 2. The molecule has 0 N–H and O–H groups in total. The number of imide groups is 1. The normalized spacial score (nSPS) is 14.4. The molecular weight excluding hydrogens is 578 g/mol. The van der Waals surface area contributed by atoms with E-state index in [0.29, 0.717) is 40.0 Å². The van der Waals surface area contributed by atoms with Crippen molar-refractivity contribution in [1.82, 2.24) is 4.90 Å². The van der Waals surface area contributed by atoms with E-state index >= 15 is 0 Å². The van der Waals surface area contributed by atoms with Gasteiger partial charge in [-0.25, -0.2) is 0 Å². The van der Waals surface area contributed by atoms with E-state index in [1.165, 1.54) is 4.90 Å². The van der Waals surface area contributed by atoms with E-state index in [1.807, 2.05) is 62.4 Å². The molecule has 1 fully saturated rings. The molecule has 0 spiro atoms. The van der Waals surface area contributed by atoms with Gasteiger partial charge in [-0.3, -0.25) is 14.5 Å². The highest BCUT2D eigenvalue weighted by molar-refractivity contribution is 9.10. The molecule has 1 aliphatic heterocycles. The zero-order valence-electron chi connectivity index (χ0n) is 22.5. The SMILES string of the molecule is CCOc1cc(/C=C2\SC(=O)N(CCOc3cc(C)ccc3C(C)C)C2=O)cc(Br)c1OCc1ccccc1. The lowest BCUT2D eigenvalue weighted by Gasteiger charge is -2.17. The first-order valence-corrected chi connectivity index (χ1v) is 14.5. The first-order chi connectivity index (χ1) is 18.8. The number of amides is 2. The number of nitrogens with zero attached hydrogens (tertiary/aromatic N) is 1. The maximum Gasteiger partial charge on any atom is 0.293 e. The fourth-order valence-electron chi connectivity index (χ4n) is 4.14. The third-order valence-corrected chi connectivity index (χ3v) is 7.59. The van der Waals surface area contributed by atoms with E-state index in [9.17, 15) is 9.59 Å². The van der Waals surface area contributed by atoms with Gasteiger partial charge in [-0.15, -0.1) is 0 Å². The second kappa shape index (κ2) is 13.2. The summed E-state index contributed by atoms with van der Waals surface area (Å²) in [5, 5.41) is -0.310. The Balaban J connectivity index is 1.46. The molecule has 2 amide bonds. The number of thioether (sulfide) groups is 1. The minimum atomic E-state index is -0.333. The van der Waals surface area contributed by atoms with Crippen LogP contribution in [0.3, 0.4) is 0 Å². The van der Waals surface area contributed by atoms with Gasteiger partial charge in [0.05, 0.1) is 22.5 Å². The Kier molecular flexibility index (Phi) is 9.75. The summed E-state index contributed by atoms with van der Waals surface area (Å²) < 4.78 is 18.6. The monoisotopic (exact) mass is 609 g/mol. The lowest BCUT2D eigenvalue weighted by Crippen LogP contribution is -2.32. The molecule has 6 nitrogen and oxygen atoms in total. The van der Waals surface area contributed by atoms with Gasteiger partial charge in [0.2, 0.25) is 0 Å². The number of carbonyl (C=O) groups excluding carboxylic acids is 2. The molecule has 204 valence electrons. The largest absolute Gasteiger partial charge is 0.491 e. The van der Waals surface area contributed by atoms with E-state index in [4.69, 9.17) is 14.2 Å². The second-order valence-electron chi connectivity index (χ2n) is 9.42. The fraction of sp³-hybridized carbons (Fsp3) is 0.290. The smallest absolute Gasteiger partial charge is 0.293 e.